The molecule has 2 saturated heterocycles. The maximum Gasteiger partial charge on any atom is 0.320 e. The number of hydrogen-bond acceptors (Lipinski definition) is 5. The number of piperidine rings is 2. The van der Waals surface area contributed by atoms with Crippen molar-refractivity contribution in [2.75, 3.05) is 40.0 Å². The zero-order chi connectivity index (χ0) is 20.4. The third kappa shape index (κ3) is 4.20. The molecular weight excluding hydrogens is 370 g/mol. The van der Waals surface area contributed by atoms with E-state index in [2.05, 4.69) is 4.90 Å². The fraction of sp³-hybridized carbons (Fsp3) is 0.636. The van der Waals surface area contributed by atoms with Gasteiger partial charge in [-0.3, -0.25) is 4.79 Å². The van der Waals surface area contributed by atoms with E-state index >= 15 is 0 Å². The first-order valence-electron chi connectivity index (χ1n) is 10.7. The number of rotatable bonds is 4. The van der Waals surface area contributed by atoms with Crippen LogP contribution in [0.3, 0.4) is 0 Å². The van der Waals surface area contributed by atoms with E-state index in [9.17, 15) is 9.59 Å². The highest BCUT2D eigenvalue weighted by Crippen LogP contribution is 2.33. The molecule has 0 aliphatic carbocycles. The van der Waals surface area contributed by atoms with Gasteiger partial charge in [0.05, 0.1) is 6.04 Å². The van der Waals surface area contributed by atoms with E-state index < -0.39 is 6.04 Å². The maximum atomic E-state index is 13.0. The number of nitrogens with zero attached hydrogens (tertiary/aromatic N) is 3. The lowest BCUT2D eigenvalue weighted by molar-refractivity contribution is 0.0772. The summed E-state index contributed by atoms with van der Waals surface area (Å²) in [5, 5.41) is 0. The lowest BCUT2D eigenvalue weighted by atomic mass is 10.00. The van der Waals surface area contributed by atoms with Crippen molar-refractivity contribution < 1.29 is 19.1 Å². The Morgan fingerprint density at radius 1 is 1.03 bits per heavy atom. The topological polar surface area (TPSA) is 62.3 Å². The molecule has 1 aromatic rings. The number of fused-ring (bicyclic) bond motifs is 1. The Kier molecular flexibility index (Phi) is 5.94. The van der Waals surface area contributed by atoms with Gasteiger partial charge in [-0.25, -0.2) is 4.79 Å². The molecule has 158 valence electrons. The van der Waals surface area contributed by atoms with Crippen molar-refractivity contribution in [1.29, 1.82) is 0 Å². The van der Waals surface area contributed by atoms with Crippen molar-refractivity contribution >= 4 is 11.8 Å². The molecule has 1 atom stereocenters. The number of hydrogen-bond donors (Lipinski definition) is 0. The highest BCUT2D eigenvalue weighted by Gasteiger charge is 2.32. The molecule has 4 rings (SSSR count). The second-order valence-electron chi connectivity index (χ2n) is 8.32. The monoisotopic (exact) mass is 401 g/mol. The van der Waals surface area contributed by atoms with Gasteiger partial charge in [0.2, 0.25) is 6.79 Å². The number of urea groups is 1. The molecule has 0 saturated carbocycles. The number of likely N-dealkylation sites (N-methyl/N-ethyl adjacent to an activating group) is 1. The minimum Gasteiger partial charge on any atom is -0.454 e. The molecule has 3 aliphatic heterocycles. The summed E-state index contributed by atoms with van der Waals surface area (Å²) in [6, 6.07) is 5.16. The average Bonchev–Trinajstić information content (AvgIpc) is 3.25. The molecule has 0 spiro atoms. The van der Waals surface area contributed by atoms with Gasteiger partial charge in [0.25, 0.3) is 0 Å². The van der Waals surface area contributed by atoms with Crippen LogP contribution in [0, 0.1) is 0 Å². The Balaban J connectivity index is 1.33. The molecular formula is C22H31N3O4. The Labute approximate surface area is 172 Å². The summed E-state index contributed by atoms with van der Waals surface area (Å²) in [5.41, 5.74) is 0.533. The fourth-order valence-corrected chi connectivity index (χ4v) is 4.56. The third-order valence-electron chi connectivity index (χ3n) is 6.56. The van der Waals surface area contributed by atoms with Crippen molar-refractivity contribution in [3.63, 3.8) is 0 Å². The first-order chi connectivity index (χ1) is 14.0. The first-order valence-corrected chi connectivity index (χ1v) is 10.7. The van der Waals surface area contributed by atoms with Crippen LogP contribution in [0.4, 0.5) is 4.79 Å². The van der Waals surface area contributed by atoms with Crippen molar-refractivity contribution in [3.05, 3.63) is 23.8 Å². The van der Waals surface area contributed by atoms with Crippen LogP contribution in [0.1, 0.15) is 49.4 Å². The molecule has 2 amide bonds. The predicted molar refractivity (Wildman–Crippen MR) is 110 cm³/mol. The van der Waals surface area contributed by atoms with Crippen molar-refractivity contribution in [2.45, 2.75) is 51.1 Å². The molecule has 3 heterocycles. The third-order valence-corrected chi connectivity index (χ3v) is 6.56. The first kappa shape index (κ1) is 20.0. The number of ketones is 1. The van der Waals surface area contributed by atoms with E-state index in [4.69, 9.17) is 9.47 Å². The van der Waals surface area contributed by atoms with Crippen LogP contribution < -0.4 is 9.47 Å². The Hall–Kier alpha value is -2.28. The number of amides is 2. The standard InChI is InChI=1S/C22H31N3O4/c1-16(21(26)17-6-7-19-20(14-17)29-15-28-19)23(2)22(27)25-12-8-18(9-13-25)24-10-4-3-5-11-24/h6-7,14,16,18H,3-5,8-13,15H2,1-2H3. The highest BCUT2D eigenvalue weighted by molar-refractivity contribution is 6.02. The van der Waals surface area contributed by atoms with Crippen molar-refractivity contribution in [2.24, 2.45) is 0 Å². The van der Waals surface area contributed by atoms with Crippen LogP contribution in [0.5, 0.6) is 11.5 Å². The van der Waals surface area contributed by atoms with Gasteiger partial charge in [0.15, 0.2) is 17.3 Å². The second-order valence-corrected chi connectivity index (χ2v) is 8.32. The van der Waals surface area contributed by atoms with Crippen LogP contribution in [-0.4, -0.2) is 78.6 Å². The van der Waals surface area contributed by atoms with Crippen LogP contribution in [0.15, 0.2) is 18.2 Å². The van der Waals surface area contributed by atoms with Gasteiger partial charge in [0, 0.05) is 31.7 Å². The summed E-state index contributed by atoms with van der Waals surface area (Å²) in [5.74, 6) is 1.13. The number of carbonyl (C=O) groups excluding carboxylic acids is 2. The van der Waals surface area contributed by atoms with Crippen LogP contribution in [0.25, 0.3) is 0 Å². The molecule has 1 aromatic carbocycles. The Morgan fingerprint density at radius 3 is 2.45 bits per heavy atom. The summed E-state index contributed by atoms with van der Waals surface area (Å²) in [4.78, 5) is 32.0. The van der Waals surface area contributed by atoms with Crippen molar-refractivity contribution in [1.82, 2.24) is 14.7 Å². The summed E-state index contributed by atoms with van der Waals surface area (Å²) in [6.07, 6.45) is 5.96. The van der Waals surface area contributed by atoms with E-state index in [1.54, 1.807) is 37.1 Å². The molecule has 7 nitrogen and oxygen atoms in total. The number of carbonyl (C=O) groups is 2. The SMILES string of the molecule is CC(C(=O)c1ccc2c(c1)OCO2)N(C)C(=O)N1CCC(N2CCCCC2)CC1. The zero-order valence-corrected chi connectivity index (χ0v) is 17.4. The van der Waals surface area contributed by atoms with E-state index in [0.717, 1.165) is 25.9 Å². The average molecular weight is 402 g/mol. The zero-order valence-electron chi connectivity index (χ0n) is 17.4. The summed E-state index contributed by atoms with van der Waals surface area (Å²) in [6.45, 7) is 5.86. The minimum absolute atomic E-state index is 0.0660. The van der Waals surface area contributed by atoms with E-state index in [1.807, 2.05) is 4.90 Å². The summed E-state index contributed by atoms with van der Waals surface area (Å²) in [7, 11) is 1.72. The van der Waals surface area contributed by atoms with E-state index in [0.29, 0.717) is 23.1 Å². The molecule has 3 aliphatic rings. The molecule has 0 aromatic heterocycles. The van der Waals surface area contributed by atoms with E-state index in [-0.39, 0.29) is 18.6 Å². The molecule has 1 unspecified atom stereocenters. The molecule has 0 radical (unpaired) electrons. The van der Waals surface area contributed by atoms with E-state index in [1.165, 1.54) is 32.4 Å². The minimum atomic E-state index is -0.539. The van der Waals surface area contributed by atoms with Gasteiger partial charge in [0.1, 0.15) is 0 Å². The number of benzene rings is 1. The lowest BCUT2D eigenvalue weighted by Gasteiger charge is -2.41. The fourth-order valence-electron chi connectivity index (χ4n) is 4.56. The highest BCUT2D eigenvalue weighted by atomic mass is 16.7. The largest absolute Gasteiger partial charge is 0.454 e. The second kappa shape index (κ2) is 8.61. The summed E-state index contributed by atoms with van der Waals surface area (Å²) >= 11 is 0. The Bertz CT molecular complexity index is 754. The van der Waals surface area contributed by atoms with Gasteiger partial charge in [-0.2, -0.15) is 0 Å². The van der Waals surface area contributed by atoms with Crippen LogP contribution in [0.2, 0.25) is 0 Å². The van der Waals surface area contributed by atoms with Crippen LogP contribution >= 0.6 is 0 Å². The number of Topliss-reactive ketones (excluding diaryl/α,β-unsaturated/α-hetero) is 1. The van der Waals surface area contributed by atoms with Gasteiger partial charge in [-0.05, 0) is 63.9 Å². The quantitative estimate of drug-likeness (QED) is 0.726. The maximum absolute atomic E-state index is 13.0. The van der Waals surface area contributed by atoms with Gasteiger partial charge in [-0.15, -0.1) is 0 Å². The van der Waals surface area contributed by atoms with Gasteiger partial charge < -0.3 is 24.2 Å². The lowest BCUT2D eigenvalue weighted by Crippen LogP contribution is -2.53. The summed E-state index contributed by atoms with van der Waals surface area (Å²) < 4.78 is 10.7. The van der Waals surface area contributed by atoms with Crippen molar-refractivity contribution in [3.8, 4) is 11.5 Å². The van der Waals surface area contributed by atoms with Gasteiger partial charge >= 0.3 is 6.03 Å². The normalized spacial score (nSPS) is 21.1. The predicted octanol–water partition coefficient (Wildman–Crippen LogP) is 2.99. The smallest absolute Gasteiger partial charge is 0.320 e. The van der Waals surface area contributed by atoms with Gasteiger partial charge in [-0.1, -0.05) is 6.42 Å². The molecule has 0 N–H and O–H groups in total. The molecule has 2 fully saturated rings. The van der Waals surface area contributed by atoms with Crippen LogP contribution in [-0.2, 0) is 0 Å². The molecule has 29 heavy (non-hydrogen) atoms. The number of ether oxygens (including phenoxy) is 2. The molecule has 7 heteroatoms. The molecule has 0 bridgehead atoms. The number of likely N-dealkylation sites (tertiary alicyclic amines) is 2. The Morgan fingerprint density at radius 2 is 1.72 bits per heavy atom.